The zero-order valence-corrected chi connectivity index (χ0v) is 18.5. The average molecular weight is 408 g/mol. The van der Waals surface area contributed by atoms with Crippen LogP contribution in [0, 0.1) is 28.6 Å². The number of rotatable bonds is 4. The molecule has 2 aromatic rings. The van der Waals surface area contributed by atoms with E-state index in [1.807, 2.05) is 30.8 Å². The van der Waals surface area contributed by atoms with E-state index in [-0.39, 0.29) is 34.8 Å². The minimum Gasteiger partial charge on any atom is -0.373 e. The molecule has 3 aliphatic rings. The van der Waals surface area contributed by atoms with E-state index in [1.54, 1.807) is 6.20 Å². The van der Waals surface area contributed by atoms with Gasteiger partial charge in [0.25, 0.3) is 0 Å². The Kier molecular flexibility index (Phi) is 4.58. The molecule has 30 heavy (non-hydrogen) atoms. The number of fused-ring (bicyclic) bond motifs is 1. The molecule has 0 unspecified atom stereocenters. The van der Waals surface area contributed by atoms with Gasteiger partial charge in [-0.3, -0.25) is 4.79 Å². The Morgan fingerprint density at radius 1 is 1.27 bits per heavy atom. The lowest BCUT2D eigenvalue weighted by atomic mass is 9.58. The van der Waals surface area contributed by atoms with Crippen molar-refractivity contribution in [2.75, 3.05) is 6.61 Å². The van der Waals surface area contributed by atoms with Crippen molar-refractivity contribution in [2.45, 2.75) is 59.1 Å². The molecule has 1 saturated heterocycles. The molecule has 2 aliphatic carbocycles. The van der Waals surface area contributed by atoms with E-state index in [0.29, 0.717) is 11.8 Å². The smallest absolute Gasteiger partial charge is 0.222 e. The van der Waals surface area contributed by atoms with Crippen molar-refractivity contribution in [3.05, 3.63) is 48.3 Å². The van der Waals surface area contributed by atoms with Crippen LogP contribution in [-0.4, -0.2) is 28.3 Å². The van der Waals surface area contributed by atoms with Gasteiger partial charge in [-0.2, -0.15) is 5.10 Å². The maximum Gasteiger partial charge on any atom is 0.222 e. The summed E-state index contributed by atoms with van der Waals surface area (Å²) < 4.78 is 8.27. The maximum absolute atomic E-state index is 12.7. The van der Waals surface area contributed by atoms with Gasteiger partial charge in [0.15, 0.2) is 0 Å². The Bertz CT molecular complexity index is 918. The molecule has 1 aromatic heterocycles. The molecule has 5 rings (SSSR count). The summed E-state index contributed by atoms with van der Waals surface area (Å²) in [6, 6.07) is 10.8. The molecule has 1 aliphatic heterocycles. The third-order valence-electron chi connectivity index (χ3n) is 8.31. The number of ether oxygens (including phenoxy) is 1. The summed E-state index contributed by atoms with van der Waals surface area (Å²) in [6.45, 7) is 9.45. The number of aromatic nitrogens is 2. The van der Waals surface area contributed by atoms with Crippen molar-refractivity contribution in [1.82, 2.24) is 15.1 Å². The molecule has 160 valence electrons. The van der Waals surface area contributed by atoms with Gasteiger partial charge in [0.1, 0.15) is 0 Å². The minimum atomic E-state index is 0.0141. The van der Waals surface area contributed by atoms with Gasteiger partial charge in [-0.15, -0.1) is 0 Å². The topological polar surface area (TPSA) is 56.2 Å². The highest BCUT2D eigenvalue weighted by molar-refractivity contribution is 5.78. The van der Waals surface area contributed by atoms with E-state index in [1.165, 1.54) is 18.4 Å². The molecule has 2 bridgehead atoms. The van der Waals surface area contributed by atoms with Crippen LogP contribution >= 0.6 is 0 Å². The Hall–Kier alpha value is -2.14. The second kappa shape index (κ2) is 6.94. The van der Waals surface area contributed by atoms with E-state index in [9.17, 15) is 4.79 Å². The van der Waals surface area contributed by atoms with Crippen LogP contribution in [0.4, 0.5) is 0 Å². The molecular weight excluding hydrogens is 374 g/mol. The van der Waals surface area contributed by atoms with E-state index in [2.05, 4.69) is 48.5 Å². The fraction of sp³-hybridized carbons (Fsp3) is 0.600. The summed E-state index contributed by atoms with van der Waals surface area (Å²) in [7, 11) is 0. The summed E-state index contributed by atoms with van der Waals surface area (Å²) >= 11 is 0. The monoisotopic (exact) mass is 407 g/mol. The largest absolute Gasteiger partial charge is 0.373 e. The predicted octanol–water partition coefficient (Wildman–Crippen LogP) is 4.53. The molecule has 2 saturated carbocycles. The number of carbonyl (C=O) groups excluding carboxylic acids is 1. The fourth-order valence-electron chi connectivity index (χ4n) is 6.66. The third kappa shape index (κ3) is 2.85. The number of nitrogens with zero attached hydrogens (tertiary/aromatic N) is 2. The lowest BCUT2D eigenvalue weighted by molar-refractivity contribution is -0.139. The molecule has 1 aromatic carbocycles. The van der Waals surface area contributed by atoms with Crippen molar-refractivity contribution >= 4 is 5.91 Å². The van der Waals surface area contributed by atoms with Crippen LogP contribution in [0.1, 0.15) is 58.6 Å². The first-order chi connectivity index (χ1) is 14.3. The molecule has 1 amide bonds. The Morgan fingerprint density at radius 2 is 2.03 bits per heavy atom. The van der Waals surface area contributed by atoms with Gasteiger partial charge < -0.3 is 10.1 Å². The average Bonchev–Trinajstić information content (AvgIpc) is 3.43. The summed E-state index contributed by atoms with van der Waals surface area (Å²) in [5.74, 6) is 1.28. The zero-order chi connectivity index (χ0) is 21.1. The van der Waals surface area contributed by atoms with Gasteiger partial charge in [0, 0.05) is 31.0 Å². The molecule has 2 heterocycles. The number of hydrogen-bond donors (Lipinski definition) is 1. The van der Waals surface area contributed by atoms with Crippen LogP contribution in [0.15, 0.2) is 42.7 Å². The Morgan fingerprint density at radius 3 is 2.70 bits per heavy atom. The van der Waals surface area contributed by atoms with Gasteiger partial charge in [-0.05, 0) is 65.7 Å². The van der Waals surface area contributed by atoms with Gasteiger partial charge in [-0.25, -0.2) is 4.68 Å². The van der Waals surface area contributed by atoms with Crippen LogP contribution in [0.2, 0.25) is 0 Å². The molecule has 1 N–H and O–H groups in total. The molecule has 5 nitrogen and oxygen atoms in total. The van der Waals surface area contributed by atoms with Crippen LogP contribution < -0.4 is 5.32 Å². The lowest BCUT2D eigenvalue weighted by Gasteiger charge is -2.53. The van der Waals surface area contributed by atoms with Crippen LogP contribution in [0.5, 0.6) is 0 Å². The predicted molar refractivity (Wildman–Crippen MR) is 116 cm³/mol. The number of carbonyl (C=O) groups is 1. The van der Waals surface area contributed by atoms with Crippen molar-refractivity contribution in [2.24, 2.45) is 28.6 Å². The van der Waals surface area contributed by atoms with Gasteiger partial charge >= 0.3 is 0 Å². The molecule has 5 heteroatoms. The van der Waals surface area contributed by atoms with E-state index < -0.39 is 0 Å². The quantitative estimate of drug-likeness (QED) is 0.810. The number of nitrogens with one attached hydrogen (secondary N) is 1. The van der Waals surface area contributed by atoms with Crippen molar-refractivity contribution in [3.8, 4) is 5.69 Å². The van der Waals surface area contributed by atoms with Crippen LogP contribution in [0.25, 0.3) is 5.69 Å². The SMILES string of the molecule is CC(C)C(=O)N[C@H]1C(C)(C)[C@@H]2C[C@@H]3[C@@H](c4ccc(-n5cccn5)cc4)OCC[C@@]31C2. The second-order valence-electron chi connectivity index (χ2n) is 10.5. The first kappa shape index (κ1) is 19.8. The number of benzene rings is 1. The highest BCUT2D eigenvalue weighted by atomic mass is 16.5. The van der Waals surface area contributed by atoms with Crippen molar-refractivity contribution < 1.29 is 9.53 Å². The van der Waals surface area contributed by atoms with Crippen molar-refractivity contribution in [3.63, 3.8) is 0 Å². The summed E-state index contributed by atoms with van der Waals surface area (Å²) in [5.41, 5.74) is 2.58. The molecule has 0 radical (unpaired) electrons. The molecular formula is C25H33N3O2. The molecule has 3 fully saturated rings. The maximum atomic E-state index is 12.7. The van der Waals surface area contributed by atoms with Crippen LogP contribution in [0.3, 0.4) is 0 Å². The summed E-state index contributed by atoms with van der Waals surface area (Å²) in [4.78, 5) is 12.7. The first-order valence-electron chi connectivity index (χ1n) is 11.3. The summed E-state index contributed by atoms with van der Waals surface area (Å²) in [6.07, 6.45) is 7.30. The van der Waals surface area contributed by atoms with E-state index in [0.717, 1.165) is 18.7 Å². The fourth-order valence-corrected chi connectivity index (χ4v) is 6.66. The standard InChI is InChI=1S/C25H33N3O2/c1-16(2)22(29)27-23-24(3,4)18-14-20-21(30-13-10-25(20,23)15-18)17-6-8-19(9-7-17)28-12-5-11-26-28/h5-9,11-12,16,18,20-21,23H,10,13-15H2,1-4H3,(H,27,29)/t18-,20-,21-,23+,25-/m1/s1. The van der Waals surface area contributed by atoms with Gasteiger partial charge in [0.2, 0.25) is 5.91 Å². The highest BCUT2D eigenvalue weighted by Crippen LogP contribution is 2.70. The van der Waals surface area contributed by atoms with Gasteiger partial charge in [-0.1, -0.05) is 39.8 Å². The zero-order valence-electron chi connectivity index (χ0n) is 18.5. The molecule has 1 spiro atoms. The number of hydrogen-bond acceptors (Lipinski definition) is 3. The van der Waals surface area contributed by atoms with Crippen molar-refractivity contribution in [1.29, 1.82) is 0 Å². The Balaban J connectivity index is 1.45. The Labute approximate surface area is 179 Å². The number of amides is 1. The van der Waals surface area contributed by atoms with Crippen LogP contribution in [-0.2, 0) is 9.53 Å². The normalized spacial score (nSPS) is 34.2. The van der Waals surface area contributed by atoms with Gasteiger partial charge in [0.05, 0.1) is 11.8 Å². The van der Waals surface area contributed by atoms with E-state index in [4.69, 9.17) is 4.74 Å². The molecule has 5 atom stereocenters. The third-order valence-corrected chi connectivity index (χ3v) is 8.31. The van der Waals surface area contributed by atoms with E-state index >= 15 is 0 Å². The lowest BCUT2D eigenvalue weighted by Crippen LogP contribution is -2.59. The highest BCUT2D eigenvalue weighted by Gasteiger charge is 2.68. The summed E-state index contributed by atoms with van der Waals surface area (Å²) in [5, 5.41) is 7.81. The minimum absolute atomic E-state index is 0.0141. The first-order valence-corrected chi connectivity index (χ1v) is 11.3. The second-order valence-corrected chi connectivity index (χ2v) is 10.5.